The molecule has 1 heterocycles. The molecule has 96 valence electrons. The van der Waals surface area contributed by atoms with Gasteiger partial charge in [-0.3, -0.25) is 0 Å². The van der Waals surface area contributed by atoms with Crippen LogP contribution in [-0.4, -0.2) is 10.1 Å². The number of halogens is 2. The Morgan fingerprint density at radius 2 is 2.22 bits per heavy atom. The first-order valence-electron chi connectivity index (χ1n) is 5.65. The van der Waals surface area contributed by atoms with Gasteiger partial charge in [-0.15, -0.1) is 0 Å². The Morgan fingerprint density at radius 3 is 2.89 bits per heavy atom. The molecule has 0 spiro atoms. The van der Waals surface area contributed by atoms with Crippen LogP contribution in [0.2, 0.25) is 0 Å². The summed E-state index contributed by atoms with van der Waals surface area (Å²) in [4.78, 5) is 4.19. The van der Waals surface area contributed by atoms with E-state index >= 15 is 0 Å². The first-order valence-corrected chi connectivity index (χ1v) is 6.45. The Kier molecular flexibility index (Phi) is 4.08. The third kappa shape index (κ3) is 2.94. The second-order valence-electron chi connectivity index (χ2n) is 4.01. The zero-order valence-electron chi connectivity index (χ0n) is 9.86. The highest BCUT2D eigenvalue weighted by Gasteiger charge is 2.15. The monoisotopic (exact) mass is 313 g/mol. The van der Waals surface area contributed by atoms with E-state index in [9.17, 15) is 4.39 Å². The summed E-state index contributed by atoms with van der Waals surface area (Å²) in [6.07, 6.45) is 1.71. The van der Waals surface area contributed by atoms with Gasteiger partial charge in [0.1, 0.15) is 5.82 Å². The molecule has 2 aromatic rings. The molecule has 0 fully saturated rings. The smallest absolute Gasteiger partial charge is 0.243 e. The molecule has 4 nitrogen and oxygen atoms in total. The number of nitrogens with zero attached hydrogens (tertiary/aromatic N) is 2. The molecule has 0 aliphatic carbocycles. The molecule has 1 aromatic heterocycles. The van der Waals surface area contributed by atoms with Gasteiger partial charge in [-0.25, -0.2) is 4.39 Å². The average Bonchev–Trinajstić information content (AvgIpc) is 2.77. The second-order valence-corrected chi connectivity index (χ2v) is 4.93. The summed E-state index contributed by atoms with van der Waals surface area (Å²) >= 11 is 3.22. The lowest BCUT2D eigenvalue weighted by molar-refractivity contribution is 0.348. The highest BCUT2D eigenvalue weighted by molar-refractivity contribution is 9.10. The number of nitrogens with two attached hydrogens (primary N) is 1. The summed E-state index contributed by atoms with van der Waals surface area (Å²) in [5.41, 5.74) is 6.43. The van der Waals surface area contributed by atoms with Crippen LogP contribution >= 0.6 is 15.9 Å². The predicted molar refractivity (Wildman–Crippen MR) is 69.2 cm³/mol. The first kappa shape index (κ1) is 13.2. The number of aromatic nitrogens is 2. The van der Waals surface area contributed by atoms with E-state index in [1.807, 2.05) is 6.92 Å². The van der Waals surface area contributed by atoms with Gasteiger partial charge in [0.15, 0.2) is 0 Å². The van der Waals surface area contributed by atoms with E-state index in [4.69, 9.17) is 10.3 Å². The van der Waals surface area contributed by atoms with Crippen LogP contribution in [0.15, 0.2) is 27.2 Å². The van der Waals surface area contributed by atoms with Gasteiger partial charge in [0.2, 0.25) is 11.7 Å². The number of hydrogen-bond acceptors (Lipinski definition) is 4. The van der Waals surface area contributed by atoms with Crippen molar-refractivity contribution in [2.75, 3.05) is 0 Å². The number of rotatable bonds is 4. The summed E-state index contributed by atoms with van der Waals surface area (Å²) in [5, 5.41) is 3.82. The molecule has 0 radical (unpaired) electrons. The maximum absolute atomic E-state index is 13.3. The summed E-state index contributed by atoms with van der Waals surface area (Å²) in [6, 6.07) is 4.18. The maximum Gasteiger partial charge on any atom is 0.243 e. The average molecular weight is 314 g/mol. The van der Waals surface area contributed by atoms with Gasteiger partial charge in [-0.05, 0) is 24.6 Å². The van der Waals surface area contributed by atoms with E-state index in [-0.39, 0.29) is 11.9 Å². The van der Waals surface area contributed by atoms with E-state index < -0.39 is 0 Å². The van der Waals surface area contributed by atoms with Gasteiger partial charge >= 0.3 is 0 Å². The van der Waals surface area contributed by atoms with Crippen LogP contribution in [0.1, 0.15) is 31.7 Å². The maximum atomic E-state index is 13.3. The van der Waals surface area contributed by atoms with Gasteiger partial charge in [0.05, 0.1) is 6.04 Å². The molecule has 0 saturated carbocycles. The molecule has 1 aromatic carbocycles. The predicted octanol–water partition coefficient (Wildman–Crippen LogP) is 3.44. The van der Waals surface area contributed by atoms with E-state index in [1.54, 1.807) is 6.07 Å². The quantitative estimate of drug-likeness (QED) is 0.939. The van der Waals surface area contributed by atoms with Crippen molar-refractivity contribution in [3.05, 3.63) is 34.4 Å². The molecule has 1 unspecified atom stereocenters. The van der Waals surface area contributed by atoms with Crippen molar-refractivity contribution in [3.8, 4) is 11.4 Å². The fourth-order valence-electron chi connectivity index (χ4n) is 1.62. The van der Waals surface area contributed by atoms with Crippen LogP contribution in [0.25, 0.3) is 11.4 Å². The Morgan fingerprint density at radius 1 is 1.44 bits per heavy atom. The van der Waals surface area contributed by atoms with Crippen molar-refractivity contribution in [3.63, 3.8) is 0 Å². The van der Waals surface area contributed by atoms with Crippen molar-refractivity contribution in [1.82, 2.24) is 10.1 Å². The highest BCUT2D eigenvalue weighted by Crippen LogP contribution is 2.24. The zero-order valence-corrected chi connectivity index (χ0v) is 11.4. The molecular weight excluding hydrogens is 301 g/mol. The van der Waals surface area contributed by atoms with E-state index in [0.29, 0.717) is 21.8 Å². The third-order valence-corrected chi connectivity index (χ3v) is 2.94. The van der Waals surface area contributed by atoms with Gasteiger partial charge < -0.3 is 10.3 Å². The van der Waals surface area contributed by atoms with Crippen LogP contribution in [0.3, 0.4) is 0 Å². The first-order chi connectivity index (χ1) is 8.60. The summed E-state index contributed by atoms with van der Waals surface area (Å²) in [5.74, 6) is 0.368. The summed E-state index contributed by atoms with van der Waals surface area (Å²) in [7, 11) is 0. The second kappa shape index (κ2) is 5.58. The van der Waals surface area contributed by atoms with Crippen molar-refractivity contribution in [2.45, 2.75) is 25.8 Å². The van der Waals surface area contributed by atoms with Gasteiger partial charge in [-0.1, -0.05) is 34.4 Å². The van der Waals surface area contributed by atoms with Crippen molar-refractivity contribution < 1.29 is 8.91 Å². The molecule has 2 rings (SSSR count). The minimum Gasteiger partial charge on any atom is -0.337 e. The lowest BCUT2D eigenvalue weighted by Gasteiger charge is -2.02. The van der Waals surface area contributed by atoms with E-state index in [0.717, 1.165) is 12.8 Å². The van der Waals surface area contributed by atoms with Crippen LogP contribution < -0.4 is 5.73 Å². The molecular formula is C12H13BrFN3O. The van der Waals surface area contributed by atoms with Crippen LogP contribution in [-0.2, 0) is 0 Å². The molecule has 18 heavy (non-hydrogen) atoms. The number of benzene rings is 1. The minimum absolute atomic E-state index is 0.270. The molecule has 0 aliphatic rings. The largest absolute Gasteiger partial charge is 0.337 e. The molecule has 0 bridgehead atoms. The standard InChI is InChI=1S/C12H13BrFN3O/c1-2-3-10(15)12-16-11(17-18-12)7-4-8(13)6-9(14)5-7/h4-6,10H,2-3,15H2,1H3. The Labute approximate surface area is 113 Å². The normalized spacial score (nSPS) is 12.7. The van der Waals surface area contributed by atoms with Crippen LogP contribution in [0.5, 0.6) is 0 Å². The molecule has 0 aliphatic heterocycles. The Balaban J connectivity index is 2.29. The molecule has 0 amide bonds. The Hall–Kier alpha value is -1.27. The lowest BCUT2D eigenvalue weighted by atomic mass is 10.2. The van der Waals surface area contributed by atoms with E-state index in [2.05, 4.69) is 26.1 Å². The fraction of sp³-hybridized carbons (Fsp3) is 0.333. The molecule has 0 saturated heterocycles. The summed E-state index contributed by atoms with van der Waals surface area (Å²) in [6.45, 7) is 2.03. The zero-order chi connectivity index (χ0) is 13.1. The van der Waals surface area contributed by atoms with Crippen molar-refractivity contribution >= 4 is 15.9 Å². The van der Waals surface area contributed by atoms with Gasteiger partial charge in [-0.2, -0.15) is 4.98 Å². The lowest BCUT2D eigenvalue weighted by Crippen LogP contribution is -2.09. The van der Waals surface area contributed by atoms with E-state index in [1.165, 1.54) is 12.1 Å². The fourth-order valence-corrected chi connectivity index (χ4v) is 2.09. The van der Waals surface area contributed by atoms with Crippen molar-refractivity contribution in [1.29, 1.82) is 0 Å². The van der Waals surface area contributed by atoms with Crippen LogP contribution in [0, 0.1) is 5.82 Å². The van der Waals surface area contributed by atoms with Gasteiger partial charge in [0, 0.05) is 10.0 Å². The highest BCUT2D eigenvalue weighted by atomic mass is 79.9. The SMILES string of the molecule is CCCC(N)c1nc(-c2cc(F)cc(Br)c2)no1. The third-order valence-electron chi connectivity index (χ3n) is 2.48. The van der Waals surface area contributed by atoms with Crippen LogP contribution in [0.4, 0.5) is 4.39 Å². The Bertz CT molecular complexity index is 524. The topological polar surface area (TPSA) is 64.9 Å². The summed E-state index contributed by atoms with van der Waals surface area (Å²) < 4.78 is 19.0. The molecule has 1 atom stereocenters. The van der Waals surface area contributed by atoms with Crippen molar-refractivity contribution in [2.24, 2.45) is 5.73 Å². The minimum atomic E-state index is -0.358. The van der Waals surface area contributed by atoms with Gasteiger partial charge in [0.25, 0.3) is 0 Å². The number of hydrogen-bond donors (Lipinski definition) is 1. The molecule has 6 heteroatoms. The molecule has 2 N–H and O–H groups in total.